The van der Waals surface area contributed by atoms with Gasteiger partial charge in [-0.15, -0.1) is 22.7 Å². The van der Waals surface area contributed by atoms with Crippen LogP contribution in [0.5, 0.6) is 0 Å². The summed E-state index contributed by atoms with van der Waals surface area (Å²) in [4.78, 5) is 45.3. The van der Waals surface area contributed by atoms with E-state index >= 15 is 0 Å². The van der Waals surface area contributed by atoms with Gasteiger partial charge < -0.3 is 10.1 Å². The van der Waals surface area contributed by atoms with Crippen molar-refractivity contribution in [2.45, 2.75) is 13.5 Å². The number of carbonyl (C=O) groups is 2. The van der Waals surface area contributed by atoms with Gasteiger partial charge in [0.2, 0.25) is 5.91 Å². The van der Waals surface area contributed by atoms with Crippen LogP contribution >= 0.6 is 22.7 Å². The van der Waals surface area contributed by atoms with Crippen molar-refractivity contribution in [1.82, 2.24) is 14.5 Å². The number of carbonyl (C=O) groups excluding carboxylic acids is 2. The number of anilines is 1. The zero-order valence-electron chi connectivity index (χ0n) is 12.7. The quantitative estimate of drug-likeness (QED) is 0.706. The number of nitrogens with zero attached hydrogens (tertiary/aromatic N) is 3. The third-order valence-electron chi connectivity index (χ3n) is 3.19. The molecule has 0 atom stereocenters. The number of esters is 1. The summed E-state index contributed by atoms with van der Waals surface area (Å²) in [6, 6.07) is 1.68. The van der Waals surface area contributed by atoms with E-state index in [1.165, 1.54) is 29.3 Å². The van der Waals surface area contributed by atoms with Gasteiger partial charge in [-0.3, -0.25) is 14.2 Å². The zero-order valence-corrected chi connectivity index (χ0v) is 14.4. The maximum Gasteiger partial charge on any atom is 0.357 e. The molecule has 0 spiro atoms. The lowest BCUT2D eigenvalue weighted by molar-refractivity contribution is -0.116. The Morgan fingerprint density at radius 1 is 1.42 bits per heavy atom. The van der Waals surface area contributed by atoms with E-state index in [1.807, 2.05) is 0 Å². The first-order valence-electron chi connectivity index (χ1n) is 6.78. The number of hydrogen-bond acceptors (Lipinski definition) is 8. The summed E-state index contributed by atoms with van der Waals surface area (Å²) in [7, 11) is 1.26. The molecular formula is C14H12N4O4S2. The molecule has 0 fully saturated rings. The molecule has 0 saturated heterocycles. The Labute approximate surface area is 143 Å². The number of ether oxygens (including phenoxy) is 1. The van der Waals surface area contributed by atoms with Gasteiger partial charge in [0.05, 0.1) is 18.8 Å². The van der Waals surface area contributed by atoms with Gasteiger partial charge in [0.1, 0.15) is 11.4 Å². The van der Waals surface area contributed by atoms with E-state index in [0.717, 1.165) is 11.3 Å². The average Bonchev–Trinajstić information content (AvgIpc) is 3.16. The van der Waals surface area contributed by atoms with Gasteiger partial charge >= 0.3 is 5.97 Å². The predicted molar refractivity (Wildman–Crippen MR) is 90.7 cm³/mol. The molecule has 124 valence electrons. The number of rotatable bonds is 4. The monoisotopic (exact) mass is 364 g/mol. The van der Waals surface area contributed by atoms with Crippen LogP contribution in [0.15, 0.2) is 22.6 Å². The van der Waals surface area contributed by atoms with E-state index in [0.29, 0.717) is 15.1 Å². The van der Waals surface area contributed by atoms with E-state index in [-0.39, 0.29) is 22.9 Å². The Balaban J connectivity index is 1.77. The summed E-state index contributed by atoms with van der Waals surface area (Å²) >= 11 is 2.52. The summed E-state index contributed by atoms with van der Waals surface area (Å²) in [5.41, 5.74) is -0.113. The number of amides is 1. The molecule has 10 heteroatoms. The van der Waals surface area contributed by atoms with Gasteiger partial charge in [-0.1, -0.05) is 0 Å². The minimum atomic E-state index is -0.562. The number of thiazole rings is 1. The van der Waals surface area contributed by atoms with Crippen molar-refractivity contribution in [2.75, 3.05) is 12.4 Å². The largest absolute Gasteiger partial charge is 0.464 e. The van der Waals surface area contributed by atoms with Crippen molar-refractivity contribution in [3.63, 3.8) is 0 Å². The SMILES string of the molecule is COC(=O)c1nc(NC(=O)Cn2cnc3sccc3c2=O)sc1C. The summed E-state index contributed by atoms with van der Waals surface area (Å²) in [5, 5.41) is 5.10. The fraction of sp³-hybridized carbons (Fsp3) is 0.214. The number of hydrogen-bond donors (Lipinski definition) is 1. The molecule has 8 nitrogen and oxygen atoms in total. The Kier molecular flexibility index (Phi) is 4.40. The van der Waals surface area contributed by atoms with Crippen LogP contribution in [0.3, 0.4) is 0 Å². The molecule has 3 heterocycles. The minimum absolute atomic E-state index is 0.163. The Hall–Kier alpha value is -2.59. The van der Waals surface area contributed by atoms with Crippen LogP contribution in [0, 0.1) is 6.92 Å². The average molecular weight is 364 g/mol. The topological polar surface area (TPSA) is 103 Å². The Bertz CT molecular complexity index is 988. The van der Waals surface area contributed by atoms with Gasteiger partial charge in [-0.05, 0) is 18.4 Å². The molecule has 0 aliphatic heterocycles. The fourth-order valence-electron chi connectivity index (χ4n) is 2.06. The first-order chi connectivity index (χ1) is 11.5. The van der Waals surface area contributed by atoms with Gasteiger partial charge in [-0.25, -0.2) is 14.8 Å². The molecule has 0 bridgehead atoms. The Morgan fingerprint density at radius 2 is 2.21 bits per heavy atom. The van der Waals surface area contributed by atoms with Crippen molar-refractivity contribution in [3.05, 3.63) is 38.7 Å². The van der Waals surface area contributed by atoms with Crippen LogP contribution in [0.25, 0.3) is 10.2 Å². The maximum absolute atomic E-state index is 12.2. The molecule has 1 amide bonds. The van der Waals surface area contributed by atoms with E-state index < -0.39 is 11.9 Å². The maximum atomic E-state index is 12.2. The number of fused-ring (bicyclic) bond motifs is 1. The highest BCUT2D eigenvalue weighted by atomic mass is 32.1. The van der Waals surface area contributed by atoms with E-state index in [9.17, 15) is 14.4 Å². The van der Waals surface area contributed by atoms with Crippen LogP contribution in [0.4, 0.5) is 5.13 Å². The fourth-order valence-corrected chi connectivity index (χ4v) is 3.60. The second-order valence-electron chi connectivity index (χ2n) is 4.78. The summed E-state index contributed by atoms with van der Waals surface area (Å²) in [6.07, 6.45) is 1.34. The molecule has 0 radical (unpaired) electrons. The number of methoxy groups -OCH3 is 1. The van der Waals surface area contributed by atoms with E-state index in [2.05, 4.69) is 20.0 Å². The van der Waals surface area contributed by atoms with E-state index in [4.69, 9.17) is 0 Å². The zero-order chi connectivity index (χ0) is 17.3. The normalized spacial score (nSPS) is 10.8. The third-order valence-corrected chi connectivity index (χ3v) is 4.89. The summed E-state index contributed by atoms with van der Waals surface area (Å²) in [6.45, 7) is 1.52. The second kappa shape index (κ2) is 6.49. The molecule has 3 aromatic heterocycles. The third kappa shape index (κ3) is 3.05. The molecule has 0 aliphatic rings. The van der Waals surface area contributed by atoms with Gasteiger partial charge in [-0.2, -0.15) is 0 Å². The highest BCUT2D eigenvalue weighted by Gasteiger charge is 2.17. The lowest BCUT2D eigenvalue weighted by atomic mass is 10.4. The molecule has 0 saturated carbocycles. The lowest BCUT2D eigenvalue weighted by Crippen LogP contribution is -2.27. The number of thiophene rings is 1. The summed E-state index contributed by atoms with van der Waals surface area (Å²) in [5.74, 6) is -0.994. The predicted octanol–water partition coefficient (Wildman–Crippen LogP) is 1.65. The first-order valence-corrected chi connectivity index (χ1v) is 8.47. The van der Waals surface area contributed by atoms with Crippen LogP contribution < -0.4 is 10.9 Å². The molecule has 0 unspecified atom stereocenters. The molecule has 24 heavy (non-hydrogen) atoms. The Morgan fingerprint density at radius 3 is 2.96 bits per heavy atom. The second-order valence-corrected chi connectivity index (χ2v) is 6.88. The molecule has 1 N–H and O–H groups in total. The van der Waals surface area contributed by atoms with Gasteiger partial charge in [0, 0.05) is 4.88 Å². The smallest absolute Gasteiger partial charge is 0.357 e. The molecule has 0 aromatic carbocycles. The van der Waals surface area contributed by atoms with Crippen LogP contribution in [0.2, 0.25) is 0 Å². The van der Waals surface area contributed by atoms with Crippen molar-refractivity contribution < 1.29 is 14.3 Å². The first kappa shape index (κ1) is 16.3. The van der Waals surface area contributed by atoms with Gasteiger partial charge in [0.15, 0.2) is 10.8 Å². The molecule has 3 rings (SSSR count). The van der Waals surface area contributed by atoms with Crippen molar-refractivity contribution in [3.8, 4) is 0 Å². The molecule has 3 aromatic rings. The van der Waals surface area contributed by atoms with Crippen LogP contribution in [0.1, 0.15) is 15.4 Å². The number of nitrogens with one attached hydrogen (secondary N) is 1. The standard InChI is InChI=1S/C14H12N4O4S2/c1-7-10(13(21)22-2)17-14(24-7)16-9(19)5-18-6-15-11-8(12(18)20)3-4-23-11/h3-4,6H,5H2,1-2H3,(H,16,17,19). The van der Waals surface area contributed by atoms with Crippen molar-refractivity contribution >= 4 is 49.9 Å². The highest BCUT2D eigenvalue weighted by molar-refractivity contribution is 7.16. The summed E-state index contributed by atoms with van der Waals surface area (Å²) < 4.78 is 5.85. The molecular weight excluding hydrogens is 352 g/mol. The van der Waals surface area contributed by atoms with Crippen LogP contribution in [-0.4, -0.2) is 33.5 Å². The number of aromatic nitrogens is 3. The van der Waals surface area contributed by atoms with E-state index in [1.54, 1.807) is 18.4 Å². The van der Waals surface area contributed by atoms with Gasteiger partial charge in [0.25, 0.3) is 5.56 Å². The van der Waals surface area contributed by atoms with Crippen molar-refractivity contribution in [2.24, 2.45) is 0 Å². The lowest BCUT2D eigenvalue weighted by Gasteiger charge is -2.04. The number of aryl methyl sites for hydroxylation is 1. The van der Waals surface area contributed by atoms with Crippen molar-refractivity contribution in [1.29, 1.82) is 0 Å². The van der Waals surface area contributed by atoms with Crippen LogP contribution in [-0.2, 0) is 16.1 Å². The minimum Gasteiger partial charge on any atom is -0.464 e. The molecule has 0 aliphatic carbocycles. The highest BCUT2D eigenvalue weighted by Crippen LogP contribution is 2.22.